The minimum atomic E-state index is -0.211. The molecule has 2 aliphatic rings. The number of ether oxygens (including phenoxy) is 1. The summed E-state index contributed by atoms with van der Waals surface area (Å²) in [4.78, 5) is 2.35. The quantitative estimate of drug-likeness (QED) is 0.911. The molecule has 1 aliphatic heterocycles. The lowest BCUT2D eigenvalue weighted by Gasteiger charge is -2.57. The number of likely N-dealkylation sites (tertiary alicyclic amines) is 1. The first kappa shape index (κ1) is 14.9. The topological polar surface area (TPSA) is 71.6 Å². The zero-order valence-corrected chi connectivity index (χ0v) is 13.1. The van der Waals surface area contributed by atoms with E-state index in [4.69, 9.17) is 9.15 Å². The van der Waals surface area contributed by atoms with Crippen molar-refractivity contribution in [2.24, 2.45) is 5.41 Å². The smallest absolute Gasteiger partial charge is 0.233 e. The molecule has 3 atom stereocenters. The molecule has 1 aliphatic carbocycles. The molecule has 0 bridgehead atoms. The van der Waals surface area contributed by atoms with Crippen molar-refractivity contribution in [3.63, 3.8) is 0 Å². The monoisotopic (exact) mass is 295 g/mol. The van der Waals surface area contributed by atoms with E-state index in [1.54, 1.807) is 0 Å². The van der Waals surface area contributed by atoms with Crippen molar-refractivity contribution >= 4 is 0 Å². The Labute approximate surface area is 125 Å². The molecular weight excluding hydrogens is 270 g/mol. The third kappa shape index (κ3) is 2.49. The second-order valence-corrected chi connectivity index (χ2v) is 6.30. The van der Waals surface area contributed by atoms with Crippen LogP contribution in [-0.2, 0) is 4.74 Å². The molecule has 1 saturated carbocycles. The number of piperidine rings is 1. The molecular formula is C15H25N3O3. The maximum Gasteiger partial charge on any atom is 0.233 e. The Morgan fingerprint density at radius 1 is 1.43 bits per heavy atom. The van der Waals surface area contributed by atoms with Gasteiger partial charge >= 0.3 is 0 Å². The van der Waals surface area contributed by atoms with Crippen molar-refractivity contribution in [2.75, 3.05) is 19.7 Å². The fourth-order valence-electron chi connectivity index (χ4n) is 3.78. The summed E-state index contributed by atoms with van der Waals surface area (Å²) in [6.07, 6.45) is 2.73. The van der Waals surface area contributed by atoms with E-state index in [1.165, 1.54) is 0 Å². The Hall–Kier alpha value is -0.980. The summed E-state index contributed by atoms with van der Waals surface area (Å²) >= 11 is 0. The minimum absolute atomic E-state index is 0.0308. The highest BCUT2D eigenvalue weighted by Gasteiger charge is 2.56. The lowest BCUT2D eigenvalue weighted by Crippen LogP contribution is -2.62. The van der Waals surface area contributed by atoms with E-state index < -0.39 is 0 Å². The van der Waals surface area contributed by atoms with Crippen LogP contribution < -0.4 is 0 Å². The normalized spacial score (nSPS) is 30.3. The van der Waals surface area contributed by atoms with Gasteiger partial charge in [-0.3, -0.25) is 4.90 Å². The number of aromatic nitrogens is 2. The van der Waals surface area contributed by atoms with Crippen LogP contribution >= 0.6 is 0 Å². The van der Waals surface area contributed by atoms with Crippen LogP contribution in [0.5, 0.6) is 0 Å². The molecule has 1 saturated heterocycles. The van der Waals surface area contributed by atoms with Gasteiger partial charge in [-0.25, -0.2) is 0 Å². The maximum absolute atomic E-state index is 10.2. The third-order valence-electron chi connectivity index (χ3n) is 5.29. The van der Waals surface area contributed by atoms with E-state index in [1.807, 2.05) is 13.8 Å². The molecule has 0 radical (unpaired) electrons. The highest BCUT2D eigenvalue weighted by molar-refractivity contribution is 5.07. The summed E-state index contributed by atoms with van der Waals surface area (Å²) in [5, 5.41) is 18.2. The Morgan fingerprint density at radius 3 is 2.67 bits per heavy atom. The van der Waals surface area contributed by atoms with E-state index in [9.17, 15) is 5.11 Å². The van der Waals surface area contributed by atoms with Gasteiger partial charge in [-0.15, -0.1) is 10.2 Å². The van der Waals surface area contributed by atoms with E-state index in [0.717, 1.165) is 39.0 Å². The molecule has 2 fully saturated rings. The van der Waals surface area contributed by atoms with Crippen molar-refractivity contribution in [3.05, 3.63) is 11.8 Å². The van der Waals surface area contributed by atoms with Crippen LogP contribution in [0.15, 0.2) is 4.42 Å². The highest BCUT2D eigenvalue weighted by atomic mass is 16.5. The number of nitrogens with zero attached hydrogens (tertiary/aromatic N) is 3. The van der Waals surface area contributed by atoms with Crippen molar-refractivity contribution in [3.8, 4) is 0 Å². The molecule has 0 aromatic carbocycles. The predicted octanol–water partition coefficient (Wildman–Crippen LogP) is 1.69. The van der Waals surface area contributed by atoms with Crippen LogP contribution in [0.25, 0.3) is 0 Å². The first-order valence-corrected chi connectivity index (χ1v) is 7.90. The number of aliphatic hydroxyl groups is 1. The molecule has 1 aromatic heterocycles. The molecule has 6 heteroatoms. The van der Waals surface area contributed by atoms with Crippen LogP contribution in [0.4, 0.5) is 0 Å². The van der Waals surface area contributed by atoms with Crippen LogP contribution in [0.3, 0.4) is 0 Å². The molecule has 2 heterocycles. The van der Waals surface area contributed by atoms with Crippen LogP contribution in [0.2, 0.25) is 0 Å². The lowest BCUT2D eigenvalue weighted by atomic mass is 9.58. The van der Waals surface area contributed by atoms with Crippen LogP contribution in [0, 0.1) is 12.3 Å². The molecule has 0 amide bonds. The van der Waals surface area contributed by atoms with Gasteiger partial charge in [0, 0.05) is 25.4 Å². The first-order valence-electron chi connectivity index (χ1n) is 7.90. The summed E-state index contributed by atoms with van der Waals surface area (Å²) in [7, 11) is 0. The average molecular weight is 295 g/mol. The summed E-state index contributed by atoms with van der Waals surface area (Å²) in [6, 6.07) is 0.131. The zero-order chi connectivity index (χ0) is 15.0. The number of rotatable bonds is 4. The zero-order valence-electron chi connectivity index (χ0n) is 13.1. The standard InChI is InChI=1S/C15H25N3O3/c1-4-20-13-9-12(19)15(13)5-7-18(8-6-15)10(2)14-17-16-11(3)21-14/h10,12-13,19H,4-9H2,1-3H3. The Morgan fingerprint density at radius 2 is 2.14 bits per heavy atom. The van der Waals surface area contributed by atoms with Gasteiger partial charge in [-0.2, -0.15) is 0 Å². The van der Waals surface area contributed by atoms with Crippen molar-refractivity contribution in [1.29, 1.82) is 0 Å². The fraction of sp³-hybridized carbons (Fsp3) is 0.867. The van der Waals surface area contributed by atoms with Gasteiger partial charge in [0.2, 0.25) is 11.8 Å². The Balaban J connectivity index is 1.62. The largest absolute Gasteiger partial charge is 0.424 e. The van der Waals surface area contributed by atoms with Gasteiger partial charge in [0.05, 0.1) is 18.2 Å². The summed E-state index contributed by atoms with van der Waals surface area (Å²) < 4.78 is 11.3. The molecule has 1 N–H and O–H groups in total. The SMILES string of the molecule is CCOC1CC(O)C12CCN(C(C)c1nnc(C)o1)CC2. The fourth-order valence-corrected chi connectivity index (χ4v) is 3.78. The number of aryl methyl sites for hydroxylation is 1. The van der Waals surface area contributed by atoms with Crippen LogP contribution in [0.1, 0.15) is 50.9 Å². The van der Waals surface area contributed by atoms with Gasteiger partial charge < -0.3 is 14.3 Å². The van der Waals surface area contributed by atoms with Crippen molar-refractivity contribution in [1.82, 2.24) is 15.1 Å². The first-order chi connectivity index (χ1) is 10.1. The maximum atomic E-state index is 10.2. The van der Waals surface area contributed by atoms with E-state index in [2.05, 4.69) is 22.0 Å². The second kappa shape index (κ2) is 5.66. The summed E-state index contributed by atoms with van der Waals surface area (Å²) in [5.74, 6) is 1.29. The summed E-state index contributed by atoms with van der Waals surface area (Å²) in [5.41, 5.74) is -0.0308. The number of aliphatic hydroxyl groups excluding tert-OH is 1. The van der Waals surface area contributed by atoms with Gasteiger partial charge in [0.15, 0.2) is 0 Å². The Kier molecular flexibility index (Phi) is 4.03. The Bertz CT molecular complexity index is 480. The van der Waals surface area contributed by atoms with Gasteiger partial charge in [0.25, 0.3) is 0 Å². The molecule has 3 rings (SSSR count). The van der Waals surface area contributed by atoms with E-state index >= 15 is 0 Å². The molecule has 6 nitrogen and oxygen atoms in total. The minimum Gasteiger partial charge on any atom is -0.424 e. The molecule has 3 unspecified atom stereocenters. The molecule has 1 spiro atoms. The van der Waals surface area contributed by atoms with Gasteiger partial charge in [0.1, 0.15) is 0 Å². The molecule has 1 aromatic rings. The van der Waals surface area contributed by atoms with E-state index in [-0.39, 0.29) is 23.7 Å². The lowest BCUT2D eigenvalue weighted by molar-refractivity contribution is -0.211. The van der Waals surface area contributed by atoms with Gasteiger partial charge in [-0.1, -0.05) is 0 Å². The number of hydrogen-bond donors (Lipinski definition) is 1. The number of hydrogen-bond acceptors (Lipinski definition) is 6. The van der Waals surface area contributed by atoms with Crippen molar-refractivity contribution < 1.29 is 14.3 Å². The van der Waals surface area contributed by atoms with Gasteiger partial charge in [-0.05, 0) is 39.8 Å². The highest BCUT2D eigenvalue weighted by Crippen LogP contribution is 2.51. The third-order valence-corrected chi connectivity index (χ3v) is 5.29. The van der Waals surface area contributed by atoms with E-state index in [0.29, 0.717) is 11.8 Å². The molecule has 21 heavy (non-hydrogen) atoms. The van der Waals surface area contributed by atoms with Crippen LogP contribution in [-0.4, -0.2) is 52.1 Å². The summed E-state index contributed by atoms with van der Waals surface area (Å²) in [6.45, 7) is 8.52. The van der Waals surface area contributed by atoms with Crippen molar-refractivity contribution in [2.45, 2.75) is 58.3 Å². The second-order valence-electron chi connectivity index (χ2n) is 6.30. The predicted molar refractivity (Wildman–Crippen MR) is 76.7 cm³/mol. The molecule has 118 valence electrons. The average Bonchev–Trinajstić information content (AvgIpc) is 2.93.